The number of hydrogen-bond donors (Lipinski definition) is 1. The molecule has 0 bridgehead atoms. The average molecular weight is 384 g/mol. The fourth-order valence-electron chi connectivity index (χ4n) is 3.01. The fraction of sp³-hybridized carbons (Fsp3) is 0.667. The molecule has 1 atom stereocenters. The highest BCUT2D eigenvalue weighted by atomic mass is 16.7. The molecule has 0 spiro atoms. The van der Waals surface area contributed by atoms with Crippen LogP contribution in [0.1, 0.15) is 48.8 Å². The molecular formula is C18H28N2O7. The molecule has 152 valence electrons. The van der Waals surface area contributed by atoms with Gasteiger partial charge in [-0.05, 0) is 19.4 Å². The van der Waals surface area contributed by atoms with Gasteiger partial charge in [0.15, 0.2) is 5.78 Å². The van der Waals surface area contributed by atoms with E-state index in [2.05, 4.69) is 4.98 Å². The van der Waals surface area contributed by atoms with Crippen LogP contribution in [0.15, 0.2) is 6.20 Å². The van der Waals surface area contributed by atoms with E-state index in [0.29, 0.717) is 16.8 Å². The van der Waals surface area contributed by atoms with Crippen molar-refractivity contribution >= 4 is 11.8 Å². The van der Waals surface area contributed by atoms with Crippen LogP contribution in [-0.2, 0) is 25.4 Å². The molecule has 0 aliphatic carbocycles. The Morgan fingerprint density at radius 2 is 1.89 bits per heavy atom. The van der Waals surface area contributed by atoms with Gasteiger partial charge in [0.05, 0.1) is 18.6 Å². The summed E-state index contributed by atoms with van der Waals surface area (Å²) >= 11 is 0. The van der Waals surface area contributed by atoms with Gasteiger partial charge in [0.1, 0.15) is 0 Å². The first kappa shape index (κ1) is 22.8. The first-order chi connectivity index (χ1) is 12.6. The number of esters is 1. The summed E-state index contributed by atoms with van der Waals surface area (Å²) < 4.78 is 14.9. The maximum atomic E-state index is 12.3. The van der Waals surface area contributed by atoms with Gasteiger partial charge in [0.25, 0.3) is 0 Å². The standard InChI is InChI=1S/C18H28N2O7/c1-7-27-16(22)12-10-19-13(11(12)2)8-15(20(23)24)18(3,4)9-14(21)17(25-5)26-6/h10,15,17,19H,7-9H2,1-6H3. The van der Waals surface area contributed by atoms with Crippen LogP contribution in [0.25, 0.3) is 0 Å². The molecule has 27 heavy (non-hydrogen) atoms. The van der Waals surface area contributed by atoms with E-state index in [9.17, 15) is 19.7 Å². The van der Waals surface area contributed by atoms with Crippen LogP contribution >= 0.6 is 0 Å². The normalized spacial score (nSPS) is 12.9. The van der Waals surface area contributed by atoms with Crippen molar-refractivity contribution in [1.29, 1.82) is 0 Å². The van der Waals surface area contributed by atoms with E-state index in [1.54, 1.807) is 27.7 Å². The summed E-state index contributed by atoms with van der Waals surface area (Å²) in [6.45, 7) is 6.97. The Balaban J connectivity index is 3.04. The van der Waals surface area contributed by atoms with Crippen molar-refractivity contribution in [3.05, 3.63) is 33.1 Å². The van der Waals surface area contributed by atoms with Gasteiger partial charge < -0.3 is 19.2 Å². The molecule has 0 saturated carbocycles. The lowest BCUT2D eigenvalue weighted by Gasteiger charge is -2.28. The van der Waals surface area contributed by atoms with Gasteiger partial charge in [-0.15, -0.1) is 0 Å². The largest absolute Gasteiger partial charge is 0.462 e. The first-order valence-electron chi connectivity index (χ1n) is 8.64. The predicted octanol–water partition coefficient (Wildman–Crippen LogP) is 2.29. The number of nitro groups is 1. The van der Waals surface area contributed by atoms with Gasteiger partial charge in [-0.1, -0.05) is 13.8 Å². The Hall–Kier alpha value is -2.26. The van der Waals surface area contributed by atoms with Crippen LogP contribution in [0.3, 0.4) is 0 Å². The Morgan fingerprint density at radius 1 is 1.30 bits per heavy atom. The molecule has 1 N–H and O–H groups in total. The number of rotatable bonds is 11. The van der Waals surface area contributed by atoms with Crippen LogP contribution < -0.4 is 0 Å². The molecule has 1 unspecified atom stereocenters. The Labute approximate surface area is 158 Å². The zero-order valence-electron chi connectivity index (χ0n) is 16.7. The number of carbonyl (C=O) groups is 2. The maximum Gasteiger partial charge on any atom is 0.339 e. The number of ketones is 1. The fourth-order valence-corrected chi connectivity index (χ4v) is 3.01. The van der Waals surface area contributed by atoms with Gasteiger partial charge in [0, 0.05) is 42.9 Å². The number of methoxy groups -OCH3 is 2. The van der Waals surface area contributed by atoms with E-state index in [4.69, 9.17) is 14.2 Å². The molecule has 0 fully saturated rings. The molecule has 9 nitrogen and oxygen atoms in total. The summed E-state index contributed by atoms with van der Waals surface area (Å²) in [4.78, 5) is 38.5. The summed E-state index contributed by atoms with van der Waals surface area (Å²) in [5, 5.41) is 11.7. The molecular weight excluding hydrogens is 356 g/mol. The molecule has 0 aromatic carbocycles. The number of H-pyrrole nitrogens is 1. The van der Waals surface area contributed by atoms with E-state index >= 15 is 0 Å². The number of aromatic amines is 1. The number of carbonyl (C=O) groups excluding carboxylic acids is 2. The lowest BCUT2D eigenvalue weighted by molar-refractivity contribution is -0.540. The van der Waals surface area contributed by atoms with Crippen molar-refractivity contribution in [3.8, 4) is 0 Å². The van der Waals surface area contributed by atoms with Gasteiger partial charge in [-0.25, -0.2) is 4.79 Å². The van der Waals surface area contributed by atoms with Gasteiger partial charge in [-0.3, -0.25) is 14.9 Å². The van der Waals surface area contributed by atoms with Crippen LogP contribution in [0.4, 0.5) is 0 Å². The van der Waals surface area contributed by atoms with Crippen molar-refractivity contribution in [2.45, 2.75) is 52.9 Å². The number of aromatic nitrogens is 1. The highest BCUT2D eigenvalue weighted by Gasteiger charge is 2.42. The molecule has 9 heteroatoms. The second-order valence-electron chi connectivity index (χ2n) is 6.97. The summed E-state index contributed by atoms with van der Waals surface area (Å²) in [6.07, 6.45) is 0.391. The SMILES string of the molecule is CCOC(=O)c1c[nH]c(CC([N+](=O)[O-])C(C)(C)CC(=O)C(OC)OC)c1C. The topological polar surface area (TPSA) is 121 Å². The minimum atomic E-state index is -1.06. The van der Waals surface area contributed by atoms with Crippen molar-refractivity contribution in [2.75, 3.05) is 20.8 Å². The molecule has 1 rings (SSSR count). The Kier molecular flexibility index (Phi) is 8.11. The van der Waals surface area contributed by atoms with E-state index in [1.807, 2.05) is 0 Å². The lowest BCUT2D eigenvalue weighted by atomic mass is 9.77. The van der Waals surface area contributed by atoms with Gasteiger partial charge in [-0.2, -0.15) is 0 Å². The van der Waals surface area contributed by atoms with E-state index < -0.39 is 28.6 Å². The minimum Gasteiger partial charge on any atom is -0.462 e. The molecule has 0 radical (unpaired) electrons. The number of nitrogens with zero attached hydrogens (tertiary/aromatic N) is 1. The average Bonchev–Trinajstić information content (AvgIpc) is 2.93. The monoisotopic (exact) mass is 384 g/mol. The molecule has 0 aliphatic rings. The summed E-state index contributed by atoms with van der Waals surface area (Å²) in [6, 6.07) is -1.05. The zero-order chi connectivity index (χ0) is 20.8. The van der Waals surface area contributed by atoms with Gasteiger partial charge in [0.2, 0.25) is 12.3 Å². The number of ether oxygens (including phenoxy) is 3. The van der Waals surface area contributed by atoms with E-state index in [1.165, 1.54) is 20.4 Å². The van der Waals surface area contributed by atoms with Crippen molar-refractivity contribution in [3.63, 3.8) is 0 Å². The quantitative estimate of drug-likeness (QED) is 0.269. The van der Waals surface area contributed by atoms with E-state index in [0.717, 1.165) is 0 Å². The number of nitrogens with one attached hydrogen (secondary N) is 1. The second kappa shape index (κ2) is 9.61. The third-order valence-electron chi connectivity index (χ3n) is 4.62. The summed E-state index contributed by atoms with van der Waals surface area (Å²) in [5.41, 5.74) is 0.559. The summed E-state index contributed by atoms with van der Waals surface area (Å²) in [5.74, 6) is -0.847. The Morgan fingerprint density at radius 3 is 2.37 bits per heavy atom. The van der Waals surface area contributed by atoms with Crippen LogP contribution in [0, 0.1) is 22.5 Å². The zero-order valence-corrected chi connectivity index (χ0v) is 16.7. The second-order valence-corrected chi connectivity index (χ2v) is 6.97. The Bertz CT molecular complexity index is 677. The minimum absolute atomic E-state index is 0.0448. The molecule has 1 aromatic rings. The molecule has 0 amide bonds. The highest BCUT2D eigenvalue weighted by Crippen LogP contribution is 2.32. The number of hydrogen-bond acceptors (Lipinski definition) is 7. The first-order valence-corrected chi connectivity index (χ1v) is 8.64. The molecule has 1 aromatic heterocycles. The summed E-state index contributed by atoms with van der Waals surface area (Å²) in [7, 11) is 2.67. The third kappa shape index (κ3) is 5.61. The highest BCUT2D eigenvalue weighted by molar-refractivity contribution is 5.91. The smallest absolute Gasteiger partial charge is 0.339 e. The molecule has 1 heterocycles. The van der Waals surface area contributed by atoms with Gasteiger partial charge >= 0.3 is 5.97 Å². The molecule has 0 saturated heterocycles. The predicted molar refractivity (Wildman–Crippen MR) is 97.2 cm³/mol. The van der Waals surface area contributed by atoms with Crippen LogP contribution in [-0.4, -0.2) is 54.8 Å². The van der Waals surface area contributed by atoms with E-state index in [-0.39, 0.29) is 25.2 Å². The molecule has 0 aliphatic heterocycles. The van der Waals surface area contributed by atoms with Crippen molar-refractivity contribution < 1.29 is 28.7 Å². The number of Topliss-reactive ketones (excluding diaryl/α,β-unsaturated/α-hetero) is 1. The maximum absolute atomic E-state index is 12.3. The van der Waals surface area contributed by atoms with Crippen molar-refractivity contribution in [2.24, 2.45) is 5.41 Å². The van der Waals surface area contributed by atoms with Crippen LogP contribution in [0.2, 0.25) is 0 Å². The third-order valence-corrected chi connectivity index (χ3v) is 4.62. The van der Waals surface area contributed by atoms with Crippen LogP contribution in [0.5, 0.6) is 0 Å². The lowest BCUT2D eigenvalue weighted by Crippen LogP contribution is -2.42. The van der Waals surface area contributed by atoms with Crippen molar-refractivity contribution in [1.82, 2.24) is 4.98 Å².